The van der Waals surface area contributed by atoms with Gasteiger partial charge in [-0.1, -0.05) is 55.8 Å². The minimum Gasteiger partial charge on any atom is -0.489 e. The van der Waals surface area contributed by atoms with Crippen LogP contribution < -0.4 is 15.8 Å². The van der Waals surface area contributed by atoms with Crippen molar-refractivity contribution in [3.63, 3.8) is 0 Å². The third-order valence-electron chi connectivity index (χ3n) is 7.27. The summed E-state index contributed by atoms with van der Waals surface area (Å²) in [5.41, 5.74) is 8.10. The second kappa shape index (κ2) is 9.64. The number of fused-ring (bicyclic) bond motifs is 2. The van der Waals surface area contributed by atoms with Crippen LogP contribution in [0.4, 0.5) is 0 Å². The molecule has 5 rings (SSSR count). The largest absolute Gasteiger partial charge is 0.489 e. The summed E-state index contributed by atoms with van der Waals surface area (Å²) in [5.74, 6) is 0.766. The van der Waals surface area contributed by atoms with Gasteiger partial charge in [-0.15, -0.1) is 0 Å². The van der Waals surface area contributed by atoms with Gasteiger partial charge in [-0.2, -0.15) is 0 Å². The molecule has 0 aromatic heterocycles. The first-order valence-corrected chi connectivity index (χ1v) is 12.6. The van der Waals surface area contributed by atoms with E-state index < -0.39 is 5.54 Å². The lowest BCUT2D eigenvalue weighted by Gasteiger charge is -2.39. The summed E-state index contributed by atoms with van der Waals surface area (Å²) >= 11 is 0. The van der Waals surface area contributed by atoms with Gasteiger partial charge in [0, 0.05) is 37.1 Å². The minimum atomic E-state index is -1.13. The number of ether oxygens (including phenoxy) is 1. The van der Waals surface area contributed by atoms with E-state index >= 15 is 0 Å². The van der Waals surface area contributed by atoms with Gasteiger partial charge < -0.3 is 15.8 Å². The fourth-order valence-electron chi connectivity index (χ4n) is 5.18. The highest BCUT2D eigenvalue weighted by Crippen LogP contribution is 2.48. The van der Waals surface area contributed by atoms with Crippen LogP contribution >= 0.6 is 0 Å². The zero-order chi connectivity index (χ0) is 25.3. The predicted octanol–water partition coefficient (Wildman–Crippen LogP) is 4.15. The summed E-state index contributed by atoms with van der Waals surface area (Å²) in [7, 11) is 1.66. The molecule has 3 atom stereocenters. The molecule has 0 saturated carbocycles. The first kappa shape index (κ1) is 23.9. The van der Waals surface area contributed by atoms with Crippen molar-refractivity contribution in [2.75, 3.05) is 13.6 Å². The Bertz CT molecular complexity index is 1280. The lowest BCUT2D eigenvalue weighted by atomic mass is 9.77. The van der Waals surface area contributed by atoms with Crippen LogP contribution in [0.1, 0.15) is 48.5 Å². The number of unbranched alkanes of at least 4 members (excludes halogenated alkanes) is 1. The Morgan fingerprint density at radius 1 is 1.22 bits per heavy atom. The van der Waals surface area contributed by atoms with E-state index in [9.17, 15) is 9.59 Å². The molecule has 3 N–H and O–H groups in total. The lowest BCUT2D eigenvalue weighted by molar-refractivity contribution is -0.132. The van der Waals surface area contributed by atoms with Gasteiger partial charge in [0.25, 0.3) is 11.8 Å². The molecule has 2 amide bonds. The van der Waals surface area contributed by atoms with Crippen molar-refractivity contribution in [3.8, 4) is 16.9 Å². The molecule has 0 saturated heterocycles. The molecule has 1 aliphatic carbocycles. The molecule has 186 valence electrons. The Balaban J connectivity index is 1.52. The van der Waals surface area contributed by atoms with Gasteiger partial charge in [0.1, 0.15) is 11.9 Å². The highest BCUT2D eigenvalue weighted by Gasteiger charge is 2.54. The number of amides is 2. The Morgan fingerprint density at radius 3 is 2.78 bits per heavy atom. The molecule has 3 aliphatic rings. The number of aliphatic imine (C=N–C) groups is 1. The summed E-state index contributed by atoms with van der Waals surface area (Å²) in [6, 6.07) is 13.4. The summed E-state index contributed by atoms with van der Waals surface area (Å²) in [6.07, 6.45) is 11.3. The van der Waals surface area contributed by atoms with Crippen molar-refractivity contribution in [1.82, 2.24) is 10.2 Å². The van der Waals surface area contributed by atoms with E-state index in [0.717, 1.165) is 30.4 Å². The van der Waals surface area contributed by atoms with Crippen LogP contribution in [0.25, 0.3) is 11.1 Å². The molecular formula is C29H32N4O3. The zero-order valence-corrected chi connectivity index (χ0v) is 20.7. The number of allylic oxidation sites excluding steroid dienone is 3. The number of likely N-dealkylation sites (N-methyl/N-ethyl adjacent to an activating group) is 1. The number of rotatable bonds is 6. The molecule has 2 aromatic rings. The van der Waals surface area contributed by atoms with Gasteiger partial charge in [0.2, 0.25) is 0 Å². The molecule has 7 nitrogen and oxygen atoms in total. The molecule has 7 heteroatoms. The maximum Gasteiger partial charge on any atom is 0.261 e. The maximum atomic E-state index is 13.6. The monoisotopic (exact) mass is 484 g/mol. The van der Waals surface area contributed by atoms with E-state index in [1.807, 2.05) is 54.6 Å². The summed E-state index contributed by atoms with van der Waals surface area (Å²) in [4.78, 5) is 32.4. The average molecular weight is 485 g/mol. The van der Waals surface area contributed by atoms with E-state index in [-0.39, 0.29) is 29.8 Å². The van der Waals surface area contributed by atoms with E-state index in [0.29, 0.717) is 29.8 Å². The lowest BCUT2D eigenvalue weighted by Crippen LogP contribution is -2.47. The minimum absolute atomic E-state index is 0.0922. The average Bonchev–Trinajstić information content (AvgIpc) is 3.12. The highest BCUT2D eigenvalue weighted by atomic mass is 16.5. The Labute approximate surface area is 211 Å². The summed E-state index contributed by atoms with van der Waals surface area (Å²) in [5, 5.41) is 2.97. The van der Waals surface area contributed by atoms with Crippen molar-refractivity contribution in [3.05, 3.63) is 77.9 Å². The number of nitrogens with one attached hydrogen (secondary N) is 1. The van der Waals surface area contributed by atoms with E-state index in [4.69, 9.17) is 15.5 Å². The fourth-order valence-corrected chi connectivity index (χ4v) is 5.18. The quantitative estimate of drug-likeness (QED) is 0.602. The molecule has 2 heterocycles. The molecule has 1 unspecified atom stereocenters. The van der Waals surface area contributed by atoms with Crippen LogP contribution in [0, 0.1) is 5.92 Å². The Morgan fingerprint density at radius 2 is 2.06 bits per heavy atom. The molecule has 2 aromatic carbocycles. The molecule has 0 bridgehead atoms. The number of hydrogen-bond donors (Lipinski definition) is 2. The normalized spacial score (nSPS) is 24.4. The number of carbonyl (C=O) groups is 2. The number of carbonyl (C=O) groups excluding carboxylic acids is 2. The SMILES string of the molecule is CCCCNC(=O)c1cccc(-c2ccc3c(c2)[C@]2(C[C@H](C4C=CC=CC4)O3)N=C(N)N(C)C2=O)c1. The van der Waals surface area contributed by atoms with Crippen molar-refractivity contribution in [1.29, 1.82) is 0 Å². The topological polar surface area (TPSA) is 97.0 Å². The van der Waals surface area contributed by atoms with Crippen molar-refractivity contribution >= 4 is 17.8 Å². The smallest absolute Gasteiger partial charge is 0.261 e. The van der Waals surface area contributed by atoms with E-state index in [1.54, 1.807) is 7.05 Å². The first-order chi connectivity index (χ1) is 17.4. The second-order valence-corrected chi connectivity index (χ2v) is 9.67. The first-order valence-electron chi connectivity index (χ1n) is 12.6. The van der Waals surface area contributed by atoms with Crippen molar-refractivity contribution in [2.45, 2.75) is 44.2 Å². The standard InChI is InChI=1S/C29H32N4O3/c1-3-4-15-31-26(34)22-12-8-11-20(16-22)21-13-14-24-23(17-21)29(27(35)33(2)28(30)32-29)18-25(36-24)19-9-6-5-7-10-19/h5-9,11-14,16-17,19,25H,3-4,10,15,18H2,1-2H3,(H2,30,32)(H,31,34)/t19?,25-,29+/m1/s1. The summed E-state index contributed by atoms with van der Waals surface area (Å²) < 4.78 is 6.45. The predicted molar refractivity (Wildman–Crippen MR) is 141 cm³/mol. The van der Waals surface area contributed by atoms with Gasteiger partial charge in [-0.3, -0.25) is 14.5 Å². The van der Waals surface area contributed by atoms with Gasteiger partial charge in [-0.25, -0.2) is 4.99 Å². The van der Waals surface area contributed by atoms with Gasteiger partial charge in [0.15, 0.2) is 11.5 Å². The number of benzene rings is 2. The number of hydrogen-bond acceptors (Lipinski definition) is 5. The van der Waals surface area contributed by atoms with Gasteiger partial charge >= 0.3 is 0 Å². The van der Waals surface area contributed by atoms with Crippen LogP contribution in [0.5, 0.6) is 5.75 Å². The fraction of sp³-hybridized carbons (Fsp3) is 0.345. The number of nitrogens with two attached hydrogens (primary N) is 1. The third-order valence-corrected chi connectivity index (χ3v) is 7.27. The molecule has 1 spiro atoms. The van der Waals surface area contributed by atoms with Crippen LogP contribution in [-0.2, 0) is 10.3 Å². The molecule has 0 radical (unpaired) electrons. The Kier molecular flexibility index (Phi) is 6.39. The molecule has 0 fully saturated rings. The van der Waals surface area contributed by atoms with E-state index in [1.165, 1.54) is 4.90 Å². The van der Waals surface area contributed by atoms with Gasteiger partial charge in [0.05, 0.1) is 0 Å². The number of nitrogens with zero attached hydrogens (tertiary/aromatic N) is 2. The van der Waals surface area contributed by atoms with Crippen molar-refractivity contribution in [2.24, 2.45) is 16.6 Å². The molecular weight excluding hydrogens is 452 g/mol. The van der Waals surface area contributed by atoms with Gasteiger partial charge in [-0.05, 0) is 48.2 Å². The van der Waals surface area contributed by atoms with Crippen molar-refractivity contribution < 1.29 is 14.3 Å². The Hall–Kier alpha value is -3.87. The maximum absolute atomic E-state index is 13.6. The van der Waals surface area contributed by atoms with Crippen LogP contribution in [0.3, 0.4) is 0 Å². The van der Waals surface area contributed by atoms with Crippen LogP contribution in [0.15, 0.2) is 71.8 Å². The zero-order valence-electron chi connectivity index (χ0n) is 20.7. The van der Waals surface area contributed by atoms with Crippen LogP contribution in [0.2, 0.25) is 0 Å². The molecule has 36 heavy (non-hydrogen) atoms. The number of guanidine groups is 1. The van der Waals surface area contributed by atoms with E-state index in [2.05, 4.69) is 24.4 Å². The second-order valence-electron chi connectivity index (χ2n) is 9.67. The summed E-state index contributed by atoms with van der Waals surface area (Å²) in [6.45, 7) is 2.75. The van der Waals surface area contributed by atoms with Crippen LogP contribution in [-0.4, -0.2) is 42.4 Å². The third kappa shape index (κ3) is 4.19. The molecule has 2 aliphatic heterocycles. The highest BCUT2D eigenvalue weighted by molar-refractivity contribution is 6.07.